The highest BCUT2D eigenvalue weighted by Crippen LogP contribution is 2.26. The molecule has 0 radical (unpaired) electrons. The number of nitrogens with one attached hydrogen (secondary N) is 1. The number of benzene rings is 2. The number of rotatable bonds is 6. The maximum absolute atomic E-state index is 14.5. The Labute approximate surface area is 188 Å². The summed E-state index contributed by atoms with van der Waals surface area (Å²) in [5.41, 5.74) is 3.07. The number of ether oxygens (including phenoxy) is 1. The molecule has 0 bridgehead atoms. The summed E-state index contributed by atoms with van der Waals surface area (Å²) in [5, 5.41) is 12.3. The molecule has 0 aliphatic heterocycles. The minimum atomic E-state index is -0.522. The molecule has 0 aliphatic carbocycles. The second kappa shape index (κ2) is 9.63. The van der Waals surface area contributed by atoms with E-state index in [1.807, 2.05) is 32.9 Å². The van der Waals surface area contributed by atoms with Crippen molar-refractivity contribution in [3.63, 3.8) is 0 Å². The first-order valence-electron chi connectivity index (χ1n) is 9.64. The van der Waals surface area contributed by atoms with Crippen molar-refractivity contribution in [2.24, 2.45) is 0 Å². The molecule has 1 aromatic heterocycles. The molecule has 0 saturated heterocycles. The molecule has 1 N–H and O–H groups in total. The van der Waals surface area contributed by atoms with E-state index in [1.165, 1.54) is 12.1 Å². The van der Waals surface area contributed by atoms with Crippen molar-refractivity contribution in [1.29, 1.82) is 5.26 Å². The number of hydrogen-bond acceptors (Lipinski definition) is 3. The topological polar surface area (TPSA) is 67.0 Å². The van der Waals surface area contributed by atoms with Crippen LogP contribution in [0.2, 0.25) is 0 Å². The maximum atomic E-state index is 14.5. The monoisotopic (exact) mass is 481 g/mol. The minimum absolute atomic E-state index is 0.0505. The van der Waals surface area contributed by atoms with Gasteiger partial charge in [0, 0.05) is 21.5 Å². The van der Waals surface area contributed by atoms with E-state index < -0.39 is 5.91 Å². The molecule has 2 aromatic carbocycles. The van der Waals surface area contributed by atoms with E-state index in [2.05, 4.69) is 21.2 Å². The van der Waals surface area contributed by atoms with Gasteiger partial charge in [-0.1, -0.05) is 15.9 Å². The third-order valence-corrected chi connectivity index (χ3v) is 5.20. The summed E-state index contributed by atoms with van der Waals surface area (Å²) in [6.07, 6.45) is 1.51. The predicted molar refractivity (Wildman–Crippen MR) is 123 cm³/mol. The molecule has 3 rings (SSSR count). The number of aromatic nitrogens is 1. The van der Waals surface area contributed by atoms with Crippen LogP contribution in [-0.2, 0) is 4.79 Å². The largest absolute Gasteiger partial charge is 0.494 e. The van der Waals surface area contributed by atoms with E-state index in [0.29, 0.717) is 33.8 Å². The molecular formula is C24H21BrFN3O2. The van der Waals surface area contributed by atoms with Gasteiger partial charge in [-0.3, -0.25) is 4.79 Å². The number of halogens is 2. The van der Waals surface area contributed by atoms with Crippen LogP contribution in [0.25, 0.3) is 11.8 Å². The van der Waals surface area contributed by atoms with E-state index in [9.17, 15) is 14.4 Å². The minimum Gasteiger partial charge on any atom is -0.494 e. The van der Waals surface area contributed by atoms with Crippen LogP contribution in [0.15, 0.2) is 58.6 Å². The van der Waals surface area contributed by atoms with Crippen molar-refractivity contribution in [2.45, 2.75) is 20.8 Å². The second-order valence-corrected chi connectivity index (χ2v) is 7.75. The van der Waals surface area contributed by atoms with Gasteiger partial charge in [0.25, 0.3) is 5.91 Å². The first-order chi connectivity index (χ1) is 14.8. The lowest BCUT2D eigenvalue weighted by Crippen LogP contribution is -2.13. The summed E-state index contributed by atoms with van der Waals surface area (Å²) in [4.78, 5) is 12.6. The molecule has 1 amide bonds. The lowest BCUT2D eigenvalue weighted by molar-refractivity contribution is -0.112. The summed E-state index contributed by atoms with van der Waals surface area (Å²) >= 11 is 3.26. The molecule has 31 heavy (non-hydrogen) atoms. The normalized spacial score (nSPS) is 11.2. The van der Waals surface area contributed by atoms with Gasteiger partial charge < -0.3 is 14.6 Å². The zero-order valence-electron chi connectivity index (χ0n) is 17.4. The Morgan fingerprint density at radius 3 is 2.55 bits per heavy atom. The average molecular weight is 482 g/mol. The van der Waals surface area contributed by atoms with Gasteiger partial charge in [-0.2, -0.15) is 5.26 Å². The standard InChI is InChI=1S/C24H21BrFN3O2/c1-4-31-21-8-6-20(7-9-21)28-24(30)18(14-27)12-17-11-15(2)29(16(17)3)23-10-5-19(25)13-22(23)26/h5-13H,4H2,1-3H3,(H,28,30)/b18-12-. The summed E-state index contributed by atoms with van der Waals surface area (Å²) in [6.45, 7) is 6.11. The Morgan fingerprint density at radius 2 is 1.94 bits per heavy atom. The van der Waals surface area contributed by atoms with Gasteiger partial charge in [0.05, 0.1) is 12.3 Å². The fourth-order valence-electron chi connectivity index (χ4n) is 3.27. The Morgan fingerprint density at radius 1 is 1.23 bits per heavy atom. The van der Waals surface area contributed by atoms with Gasteiger partial charge in [-0.05, 0) is 80.9 Å². The summed E-state index contributed by atoms with van der Waals surface area (Å²) in [5.74, 6) is -0.198. The summed E-state index contributed by atoms with van der Waals surface area (Å²) in [7, 11) is 0. The highest BCUT2D eigenvalue weighted by Gasteiger charge is 2.16. The van der Waals surface area contributed by atoms with Crippen LogP contribution in [0.3, 0.4) is 0 Å². The number of nitrogens with zero attached hydrogens (tertiary/aromatic N) is 2. The number of carbonyl (C=O) groups is 1. The summed E-state index contributed by atoms with van der Waals surface area (Å²) in [6, 6.07) is 15.5. The molecule has 0 unspecified atom stereocenters. The van der Waals surface area contributed by atoms with Crippen molar-refractivity contribution in [1.82, 2.24) is 4.57 Å². The van der Waals surface area contributed by atoms with E-state index in [-0.39, 0.29) is 11.4 Å². The molecule has 5 nitrogen and oxygen atoms in total. The fraction of sp³-hybridized carbons (Fsp3) is 0.167. The zero-order chi connectivity index (χ0) is 22.5. The van der Waals surface area contributed by atoms with Crippen molar-refractivity contribution in [2.75, 3.05) is 11.9 Å². The molecule has 3 aromatic rings. The number of amides is 1. The Bertz CT molecular complexity index is 1190. The maximum Gasteiger partial charge on any atom is 0.266 e. The molecule has 158 valence electrons. The predicted octanol–water partition coefficient (Wildman–Crippen LogP) is 5.94. The number of anilines is 1. The van der Waals surface area contributed by atoms with Crippen LogP contribution in [0.5, 0.6) is 5.75 Å². The third kappa shape index (κ3) is 5.04. The SMILES string of the molecule is CCOc1ccc(NC(=O)/C(C#N)=C\c2cc(C)n(-c3ccc(Br)cc3F)c2C)cc1. The Kier molecular flexibility index (Phi) is 6.93. The number of aryl methyl sites for hydroxylation is 1. The Hall–Kier alpha value is -3.37. The van der Waals surface area contributed by atoms with Gasteiger partial charge in [0.2, 0.25) is 0 Å². The van der Waals surface area contributed by atoms with Gasteiger partial charge in [0.15, 0.2) is 0 Å². The molecule has 0 aliphatic rings. The molecule has 0 fully saturated rings. The molecule has 0 spiro atoms. The molecule has 7 heteroatoms. The van der Waals surface area contributed by atoms with Gasteiger partial charge in [-0.25, -0.2) is 4.39 Å². The highest BCUT2D eigenvalue weighted by molar-refractivity contribution is 9.10. The molecular weight excluding hydrogens is 461 g/mol. The second-order valence-electron chi connectivity index (χ2n) is 6.84. The Balaban J connectivity index is 1.88. The van der Waals surface area contributed by atoms with E-state index in [1.54, 1.807) is 41.0 Å². The van der Waals surface area contributed by atoms with Gasteiger partial charge >= 0.3 is 0 Å². The van der Waals surface area contributed by atoms with Crippen LogP contribution in [0.1, 0.15) is 23.9 Å². The zero-order valence-corrected chi connectivity index (χ0v) is 19.0. The van der Waals surface area contributed by atoms with Crippen LogP contribution >= 0.6 is 15.9 Å². The smallest absolute Gasteiger partial charge is 0.266 e. The van der Waals surface area contributed by atoms with Gasteiger partial charge in [-0.15, -0.1) is 0 Å². The van der Waals surface area contributed by atoms with Crippen LogP contribution in [0, 0.1) is 31.0 Å². The third-order valence-electron chi connectivity index (χ3n) is 4.71. The van der Waals surface area contributed by atoms with E-state index in [0.717, 1.165) is 11.4 Å². The van der Waals surface area contributed by atoms with Crippen molar-refractivity contribution in [3.05, 3.63) is 81.3 Å². The van der Waals surface area contributed by atoms with Crippen molar-refractivity contribution in [3.8, 4) is 17.5 Å². The summed E-state index contributed by atoms with van der Waals surface area (Å²) < 4.78 is 22.3. The quantitative estimate of drug-likeness (QED) is 0.349. The number of hydrogen-bond donors (Lipinski definition) is 1. The van der Waals surface area contributed by atoms with Crippen molar-refractivity contribution < 1.29 is 13.9 Å². The van der Waals surface area contributed by atoms with Crippen LogP contribution < -0.4 is 10.1 Å². The van der Waals surface area contributed by atoms with E-state index in [4.69, 9.17) is 4.74 Å². The first kappa shape index (κ1) is 22.3. The average Bonchev–Trinajstić information content (AvgIpc) is 3.01. The highest BCUT2D eigenvalue weighted by atomic mass is 79.9. The fourth-order valence-corrected chi connectivity index (χ4v) is 3.60. The van der Waals surface area contributed by atoms with E-state index >= 15 is 0 Å². The van der Waals surface area contributed by atoms with Crippen LogP contribution in [0.4, 0.5) is 10.1 Å². The molecule has 0 saturated carbocycles. The lowest BCUT2D eigenvalue weighted by Gasteiger charge is -2.11. The van der Waals surface area contributed by atoms with Gasteiger partial charge in [0.1, 0.15) is 23.2 Å². The number of nitriles is 1. The van der Waals surface area contributed by atoms with Crippen molar-refractivity contribution >= 4 is 33.6 Å². The molecule has 1 heterocycles. The first-order valence-corrected chi connectivity index (χ1v) is 10.4. The molecule has 0 atom stereocenters. The number of carbonyl (C=O) groups excluding carboxylic acids is 1. The lowest BCUT2D eigenvalue weighted by atomic mass is 10.1. The van der Waals surface area contributed by atoms with Crippen LogP contribution in [-0.4, -0.2) is 17.1 Å².